The van der Waals surface area contributed by atoms with Crippen LogP contribution in [0.25, 0.3) is 5.65 Å². The number of rotatable bonds is 1. The third-order valence-electron chi connectivity index (χ3n) is 1.80. The van der Waals surface area contributed by atoms with Gasteiger partial charge < -0.3 is 10.1 Å². The average Bonchev–Trinajstić information content (AvgIpc) is 2.43. The van der Waals surface area contributed by atoms with Gasteiger partial charge in [0.05, 0.1) is 11.3 Å². The van der Waals surface area contributed by atoms with Crippen molar-refractivity contribution in [3.8, 4) is 0 Å². The zero-order chi connectivity index (χ0) is 9.42. The molecule has 0 aromatic carbocycles. The Bertz CT molecular complexity index is 478. The molecule has 0 saturated heterocycles. The SMILES string of the molecule is Cc1cn2c[c-]cc(C(N)=O)c2n1.[K+]. The Kier molecular flexibility index (Phi) is 3.85. The van der Waals surface area contributed by atoms with Gasteiger partial charge in [0.25, 0.3) is 0 Å². The zero-order valence-electron chi connectivity index (χ0n) is 8.11. The van der Waals surface area contributed by atoms with Crippen LogP contribution in [-0.4, -0.2) is 15.3 Å². The number of aromatic nitrogens is 2. The normalized spacial score (nSPS) is 9.79. The molecule has 2 aromatic rings. The van der Waals surface area contributed by atoms with Gasteiger partial charge in [0.2, 0.25) is 0 Å². The Hall–Kier alpha value is -0.204. The van der Waals surface area contributed by atoms with Gasteiger partial charge in [-0.2, -0.15) is 0 Å². The van der Waals surface area contributed by atoms with Crippen LogP contribution in [0.3, 0.4) is 0 Å². The van der Waals surface area contributed by atoms with Gasteiger partial charge in [0.15, 0.2) is 5.91 Å². The van der Waals surface area contributed by atoms with Gasteiger partial charge in [0, 0.05) is 6.20 Å². The van der Waals surface area contributed by atoms with Crippen LogP contribution in [0, 0.1) is 13.0 Å². The van der Waals surface area contributed by atoms with Crippen LogP contribution in [0.1, 0.15) is 16.1 Å². The van der Waals surface area contributed by atoms with Crippen molar-refractivity contribution in [1.82, 2.24) is 9.38 Å². The summed E-state index contributed by atoms with van der Waals surface area (Å²) >= 11 is 0. The summed E-state index contributed by atoms with van der Waals surface area (Å²) in [6.07, 6.45) is 3.53. The average molecular weight is 213 g/mol. The quantitative estimate of drug-likeness (QED) is 0.422. The Labute approximate surface area is 124 Å². The number of primary amides is 1. The van der Waals surface area contributed by atoms with Crippen LogP contribution >= 0.6 is 0 Å². The molecule has 4 nitrogen and oxygen atoms in total. The predicted octanol–water partition coefficient (Wildman–Crippen LogP) is -2.45. The van der Waals surface area contributed by atoms with E-state index in [4.69, 9.17) is 5.73 Å². The van der Waals surface area contributed by atoms with Crippen LogP contribution in [0.4, 0.5) is 0 Å². The Morgan fingerprint density at radius 3 is 3.00 bits per heavy atom. The Morgan fingerprint density at radius 2 is 2.36 bits per heavy atom. The molecular formula is C9H8KN3O. The molecule has 0 bridgehead atoms. The van der Waals surface area contributed by atoms with Crippen molar-refractivity contribution in [3.05, 3.63) is 35.8 Å². The third-order valence-corrected chi connectivity index (χ3v) is 1.80. The molecule has 0 fully saturated rings. The van der Waals surface area contributed by atoms with Gasteiger partial charge in [-0.3, -0.25) is 9.78 Å². The number of hydrogen-bond donors (Lipinski definition) is 1. The molecule has 0 aliphatic heterocycles. The molecule has 66 valence electrons. The van der Waals surface area contributed by atoms with Gasteiger partial charge in [-0.25, -0.2) is 12.1 Å². The van der Waals surface area contributed by atoms with Gasteiger partial charge in [-0.15, -0.1) is 0 Å². The number of fused-ring (bicyclic) bond motifs is 1. The van der Waals surface area contributed by atoms with Crippen molar-refractivity contribution in [2.75, 3.05) is 0 Å². The van der Waals surface area contributed by atoms with Crippen LogP contribution < -0.4 is 57.1 Å². The first-order valence-corrected chi connectivity index (χ1v) is 3.83. The Balaban J connectivity index is 0.000000980. The minimum atomic E-state index is -0.479. The van der Waals surface area contributed by atoms with E-state index >= 15 is 0 Å². The fourth-order valence-electron chi connectivity index (χ4n) is 1.26. The van der Waals surface area contributed by atoms with E-state index in [1.54, 1.807) is 16.7 Å². The van der Waals surface area contributed by atoms with E-state index in [1.165, 1.54) is 0 Å². The van der Waals surface area contributed by atoms with E-state index in [-0.39, 0.29) is 51.4 Å². The van der Waals surface area contributed by atoms with Crippen LogP contribution in [-0.2, 0) is 0 Å². The molecule has 2 rings (SSSR count). The summed E-state index contributed by atoms with van der Waals surface area (Å²) in [5.41, 5.74) is 7.01. The van der Waals surface area contributed by atoms with Crippen LogP contribution in [0.2, 0.25) is 0 Å². The summed E-state index contributed by atoms with van der Waals surface area (Å²) in [5, 5.41) is 0. The fraction of sp³-hybridized carbons (Fsp3) is 0.111. The fourth-order valence-corrected chi connectivity index (χ4v) is 1.26. The number of carbonyl (C=O) groups is 1. The number of aryl methyl sites for hydroxylation is 1. The van der Waals surface area contributed by atoms with E-state index in [1.807, 2.05) is 13.1 Å². The second kappa shape index (κ2) is 4.54. The second-order valence-corrected chi connectivity index (χ2v) is 2.83. The Morgan fingerprint density at radius 1 is 1.64 bits per heavy atom. The molecule has 0 unspecified atom stereocenters. The van der Waals surface area contributed by atoms with E-state index in [2.05, 4.69) is 11.1 Å². The van der Waals surface area contributed by atoms with E-state index in [0.29, 0.717) is 11.2 Å². The molecule has 0 spiro atoms. The smallest absolute Gasteiger partial charge is 0.381 e. The maximum atomic E-state index is 11.0. The monoisotopic (exact) mass is 213 g/mol. The van der Waals surface area contributed by atoms with E-state index in [0.717, 1.165) is 5.69 Å². The molecule has 0 aliphatic rings. The molecule has 14 heavy (non-hydrogen) atoms. The van der Waals surface area contributed by atoms with E-state index in [9.17, 15) is 4.79 Å². The molecule has 2 N–H and O–H groups in total. The first-order chi connectivity index (χ1) is 6.18. The minimum absolute atomic E-state index is 0. The molecular weight excluding hydrogens is 205 g/mol. The zero-order valence-corrected chi connectivity index (χ0v) is 11.2. The summed E-state index contributed by atoms with van der Waals surface area (Å²) in [5.74, 6) is -0.479. The number of hydrogen-bond acceptors (Lipinski definition) is 2. The number of nitrogens with two attached hydrogens (primary N) is 1. The molecule has 0 radical (unpaired) electrons. The molecule has 0 saturated carbocycles. The summed E-state index contributed by atoms with van der Waals surface area (Å²) in [6.45, 7) is 1.86. The summed E-state index contributed by atoms with van der Waals surface area (Å²) < 4.78 is 1.73. The molecule has 1 amide bonds. The third kappa shape index (κ3) is 2.07. The topological polar surface area (TPSA) is 60.4 Å². The number of nitrogens with zero attached hydrogens (tertiary/aromatic N) is 2. The van der Waals surface area contributed by atoms with Crippen molar-refractivity contribution in [3.63, 3.8) is 0 Å². The summed E-state index contributed by atoms with van der Waals surface area (Å²) in [6, 6.07) is 4.37. The number of carbonyl (C=O) groups excluding carboxylic acids is 1. The maximum absolute atomic E-state index is 11.0. The minimum Gasteiger partial charge on any atom is -0.381 e. The summed E-state index contributed by atoms with van der Waals surface area (Å²) in [4.78, 5) is 15.1. The first kappa shape index (κ1) is 11.9. The standard InChI is InChI=1S/C9H8N3O.K/c1-6-5-12-4-2-3-7(8(10)13)9(12)11-6;/h3-5H,1H3,(H2,10,13);/q-1;+1. The van der Waals surface area contributed by atoms with Gasteiger partial charge >= 0.3 is 51.4 Å². The molecule has 0 atom stereocenters. The van der Waals surface area contributed by atoms with Gasteiger partial charge in [0.1, 0.15) is 0 Å². The molecule has 2 heterocycles. The van der Waals surface area contributed by atoms with Gasteiger partial charge in [-0.05, 0) is 6.92 Å². The van der Waals surface area contributed by atoms with Crippen molar-refractivity contribution in [2.45, 2.75) is 6.92 Å². The van der Waals surface area contributed by atoms with Crippen LogP contribution in [0.15, 0.2) is 18.5 Å². The second-order valence-electron chi connectivity index (χ2n) is 2.83. The number of pyridine rings is 1. The number of amides is 1. The molecule has 2 aromatic heterocycles. The first-order valence-electron chi connectivity index (χ1n) is 3.83. The number of imidazole rings is 1. The molecule has 5 heteroatoms. The van der Waals surface area contributed by atoms with Crippen molar-refractivity contribution in [1.29, 1.82) is 0 Å². The summed E-state index contributed by atoms with van der Waals surface area (Å²) in [7, 11) is 0. The van der Waals surface area contributed by atoms with Crippen molar-refractivity contribution < 1.29 is 56.2 Å². The molecule has 0 aliphatic carbocycles. The van der Waals surface area contributed by atoms with Crippen molar-refractivity contribution in [2.24, 2.45) is 5.73 Å². The maximum Gasteiger partial charge on any atom is 1.00 e. The predicted molar refractivity (Wildman–Crippen MR) is 47.3 cm³/mol. The van der Waals surface area contributed by atoms with E-state index < -0.39 is 5.91 Å². The van der Waals surface area contributed by atoms with Gasteiger partial charge in [-0.1, -0.05) is 11.8 Å². The van der Waals surface area contributed by atoms with Crippen molar-refractivity contribution >= 4 is 11.6 Å². The van der Waals surface area contributed by atoms with Crippen LogP contribution in [0.5, 0.6) is 0 Å². The largest absolute Gasteiger partial charge is 1.00 e.